The van der Waals surface area contributed by atoms with Gasteiger partial charge in [0.1, 0.15) is 6.61 Å². The first kappa shape index (κ1) is 24.0. The van der Waals surface area contributed by atoms with Gasteiger partial charge in [0.25, 0.3) is 0 Å². The van der Waals surface area contributed by atoms with Crippen LogP contribution in [0.1, 0.15) is 83.1 Å². The van der Waals surface area contributed by atoms with E-state index in [1.54, 1.807) is 0 Å². The van der Waals surface area contributed by atoms with Crippen molar-refractivity contribution in [2.24, 2.45) is 0 Å². The lowest BCUT2D eigenvalue weighted by atomic mass is 10.1. The molecule has 1 rings (SSSR count). The second-order valence-corrected chi connectivity index (χ2v) is 7.14. The van der Waals surface area contributed by atoms with Gasteiger partial charge in [-0.15, -0.1) is 0 Å². The Labute approximate surface area is 170 Å². The molecule has 28 heavy (non-hydrogen) atoms. The summed E-state index contributed by atoms with van der Waals surface area (Å²) in [5.41, 5.74) is 0.925. The molecule has 5 nitrogen and oxygen atoms in total. The van der Waals surface area contributed by atoms with Gasteiger partial charge in [-0.1, -0.05) is 95.0 Å². The van der Waals surface area contributed by atoms with Crippen LogP contribution < -0.4 is 5.32 Å². The molecule has 1 aromatic carbocycles. The molecule has 0 saturated heterocycles. The van der Waals surface area contributed by atoms with Gasteiger partial charge in [0.2, 0.25) is 0 Å². The van der Waals surface area contributed by atoms with Gasteiger partial charge in [-0.3, -0.25) is 4.79 Å². The maximum atomic E-state index is 11.6. The quantitative estimate of drug-likeness (QED) is 0.287. The van der Waals surface area contributed by atoms with E-state index in [9.17, 15) is 9.59 Å². The molecule has 0 heterocycles. The maximum Gasteiger partial charge on any atom is 0.407 e. The van der Waals surface area contributed by atoms with Gasteiger partial charge in [-0.2, -0.15) is 0 Å². The highest BCUT2D eigenvalue weighted by Crippen LogP contribution is 2.10. The van der Waals surface area contributed by atoms with Crippen LogP contribution in [0.2, 0.25) is 0 Å². The highest BCUT2D eigenvalue weighted by atomic mass is 16.5. The van der Waals surface area contributed by atoms with Gasteiger partial charge in [-0.25, -0.2) is 4.79 Å². The number of amides is 1. The van der Waals surface area contributed by atoms with Crippen molar-refractivity contribution in [2.75, 3.05) is 13.2 Å². The van der Waals surface area contributed by atoms with E-state index in [1.165, 1.54) is 51.4 Å². The van der Waals surface area contributed by atoms with Crippen LogP contribution in [0.3, 0.4) is 0 Å². The molecule has 0 fully saturated rings. The fourth-order valence-electron chi connectivity index (χ4n) is 2.89. The third kappa shape index (κ3) is 14.1. The first-order valence-corrected chi connectivity index (χ1v) is 10.8. The van der Waals surface area contributed by atoms with E-state index in [-0.39, 0.29) is 25.5 Å². The lowest BCUT2D eigenvalue weighted by molar-refractivity contribution is -0.143. The SMILES string of the molecule is CCCCCCCCCCCCOC(=O)CCNC(=O)OCc1ccccc1. The largest absolute Gasteiger partial charge is 0.466 e. The molecule has 0 spiro atoms. The minimum atomic E-state index is -0.522. The van der Waals surface area contributed by atoms with E-state index in [4.69, 9.17) is 9.47 Å². The molecule has 1 N–H and O–H groups in total. The molecule has 158 valence electrons. The Hall–Kier alpha value is -2.04. The van der Waals surface area contributed by atoms with Gasteiger partial charge in [0.05, 0.1) is 13.0 Å². The fraction of sp³-hybridized carbons (Fsp3) is 0.652. The van der Waals surface area contributed by atoms with Crippen LogP contribution in [0.15, 0.2) is 30.3 Å². The number of carbonyl (C=O) groups is 2. The van der Waals surface area contributed by atoms with Gasteiger partial charge in [0, 0.05) is 6.54 Å². The molecule has 0 atom stereocenters. The number of unbranched alkanes of at least 4 members (excludes halogenated alkanes) is 9. The van der Waals surface area contributed by atoms with E-state index in [2.05, 4.69) is 12.2 Å². The summed E-state index contributed by atoms with van der Waals surface area (Å²) in [7, 11) is 0. The molecule has 0 saturated carbocycles. The number of alkyl carbamates (subject to hydrolysis) is 1. The van der Waals surface area contributed by atoms with Crippen molar-refractivity contribution in [3.05, 3.63) is 35.9 Å². The van der Waals surface area contributed by atoms with Gasteiger partial charge >= 0.3 is 12.1 Å². The minimum absolute atomic E-state index is 0.165. The van der Waals surface area contributed by atoms with E-state index in [1.807, 2.05) is 30.3 Å². The van der Waals surface area contributed by atoms with Crippen LogP contribution in [0.25, 0.3) is 0 Å². The van der Waals surface area contributed by atoms with Crippen molar-refractivity contribution in [3.63, 3.8) is 0 Å². The second kappa shape index (κ2) is 17.1. The van der Waals surface area contributed by atoms with Crippen molar-refractivity contribution in [1.82, 2.24) is 5.32 Å². The number of hydrogen-bond acceptors (Lipinski definition) is 4. The zero-order chi connectivity index (χ0) is 20.3. The molecule has 0 aliphatic carbocycles. The zero-order valence-electron chi connectivity index (χ0n) is 17.4. The summed E-state index contributed by atoms with van der Waals surface area (Å²) >= 11 is 0. The third-order valence-corrected chi connectivity index (χ3v) is 4.57. The summed E-state index contributed by atoms with van der Waals surface area (Å²) < 4.78 is 10.3. The van der Waals surface area contributed by atoms with E-state index < -0.39 is 6.09 Å². The number of benzene rings is 1. The van der Waals surface area contributed by atoms with Crippen LogP contribution in [0, 0.1) is 0 Å². The van der Waals surface area contributed by atoms with Crippen LogP contribution in [-0.4, -0.2) is 25.2 Å². The summed E-state index contributed by atoms with van der Waals surface area (Å²) in [4.78, 5) is 23.2. The Kier molecular flexibility index (Phi) is 14.6. The summed E-state index contributed by atoms with van der Waals surface area (Å²) in [5, 5.41) is 2.56. The number of rotatable bonds is 16. The Morgan fingerprint density at radius 3 is 2.07 bits per heavy atom. The lowest BCUT2D eigenvalue weighted by Crippen LogP contribution is -2.27. The highest BCUT2D eigenvalue weighted by Gasteiger charge is 2.06. The van der Waals surface area contributed by atoms with E-state index >= 15 is 0 Å². The standard InChI is InChI=1S/C23H37NO4/c1-2-3-4-5-6-7-8-9-10-14-19-27-22(25)17-18-24-23(26)28-20-21-15-12-11-13-16-21/h11-13,15-16H,2-10,14,17-20H2,1H3,(H,24,26). The average molecular weight is 392 g/mol. The fourth-order valence-corrected chi connectivity index (χ4v) is 2.89. The lowest BCUT2D eigenvalue weighted by Gasteiger charge is -2.07. The zero-order valence-corrected chi connectivity index (χ0v) is 17.4. The van der Waals surface area contributed by atoms with Gasteiger partial charge < -0.3 is 14.8 Å². The van der Waals surface area contributed by atoms with E-state index in [0.29, 0.717) is 6.61 Å². The Morgan fingerprint density at radius 2 is 1.43 bits per heavy atom. The highest BCUT2D eigenvalue weighted by molar-refractivity contribution is 5.71. The molecule has 1 aromatic rings. The summed E-state index contributed by atoms with van der Waals surface area (Å²) in [6.45, 7) is 3.15. The number of carbonyl (C=O) groups excluding carboxylic acids is 2. The molecule has 0 aliphatic heterocycles. The molecule has 5 heteroatoms. The van der Waals surface area contributed by atoms with Crippen LogP contribution in [-0.2, 0) is 20.9 Å². The maximum absolute atomic E-state index is 11.6. The van der Waals surface area contributed by atoms with E-state index in [0.717, 1.165) is 18.4 Å². The molecule has 0 aliphatic rings. The first-order valence-electron chi connectivity index (χ1n) is 10.8. The van der Waals surface area contributed by atoms with Crippen LogP contribution in [0.4, 0.5) is 4.79 Å². The molecular formula is C23H37NO4. The first-order chi connectivity index (χ1) is 13.7. The van der Waals surface area contributed by atoms with Gasteiger partial charge in [-0.05, 0) is 12.0 Å². The number of nitrogens with one attached hydrogen (secondary N) is 1. The Balaban J connectivity index is 1.87. The van der Waals surface area contributed by atoms with Gasteiger partial charge in [0.15, 0.2) is 0 Å². The monoisotopic (exact) mass is 391 g/mol. The van der Waals surface area contributed by atoms with Crippen molar-refractivity contribution >= 4 is 12.1 Å². The summed E-state index contributed by atoms with van der Waals surface area (Å²) in [6, 6.07) is 9.46. The number of ether oxygens (including phenoxy) is 2. The number of esters is 1. The van der Waals surface area contributed by atoms with Crippen molar-refractivity contribution in [1.29, 1.82) is 0 Å². The smallest absolute Gasteiger partial charge is 0.407 e. The predicted molar refractivity (Wildman–Crippen MR) is 112 cm³/mol. The summed E-state index contributed by atoms with van der Waals surface area (Å²) in [6.07, 6.45) is 12.2. The summed E-state index contributed by atoms with van der Waals surface area (Å²) in [5.74, 6) is -0.278. The molecule has 0 unspecified atom stereocenters. The topological polar surface area (TPSA) is 64.6 Å². The predicted octanol–water partition coefficient (Wildman–Crippen LogP) is 5.77. The number of hydrogen-bond donors (Lipinski definition) is 1. The molecule has 1 amide bonds. The molecule has 0 aromatic heterocycles. The average Bonchev–Trinajstić information content (AvgIpc) is 2.71. The Morgan fingerprint density at radius 1 is 0.821 bits per heavy atom. The Bertz CT molecular complexity index is 519. The van der Waals surface area contributed by atoms with Crippen LogP contribution >= 0.6 is 0 Å². The molecular weight excluding hydrogens is 354 g/mol. The van der Waals surface area contributed by atoms with Crippen molar-refractivity contribution in [3.8, 4) is 0 Å². The second-order valence-electron chi connectivity index (χ2n) is 7.14. The molecule has 0 bridgehead atoms. The van der Waals surface area contributed by atoms with Crippen LogP contribution in [0.5, 0.6) is 0 Å². The van der Waals surface area contributed by atoms with Crippen molar-refractivity contribution < 1.29 is 19.1 Å². The third-order valence-electron chi connectivity index (χ3n) is 4.57. The normalized spacial score (nSPS) is 10.5. The molecule has 0 radical (unpaired) electrons. The van der Waals surface area contributed by atoms with Crippen molar-refractivity contribution in [2.45, 2.75) is 84.2 Å². The minimum Gasteiger partial charge on any atom is -0.466 e.